The molecule has 0 saturated carbocycles. The van der Waals surface area contributed by atoms with Crippen molar-refractivity contribution in [3.8, 4) is 28.9 Å². The molecule has 6 rings (SSSR count). The average molecular weight is 606 g/mol. The largest absolute Gasteiger partial charge is 0.489 e. The van der Waals surface area contributed by atoms with Gasteiger partial charge in [0.05, 0.1) is 18.2 Å². The van der Waals surface area contributed by atoms with E-state index in [1.165, 1.54) is 43.4 Å². The summed E-state index contributed by atoms with van der Waals surface area (Å²) in [4.78, 5) is 23.6. The monoisotopic (exact) mass is 605 g/mol. The molecule has 2 aliphatic heterocycles. The van der Waals surface area contributed by atoms with Crippen LogP contribution in [-0.4, -0.2) is 60.4 Å². The fourth-order valence-corrected chi connectivity index (χ4v) is 5.31. The summed E-state index contributed by atoms with van der Waals surface area (Å²) in [6.45, 7) is 6.18. The summed E-state index contributed by atoms with van der Waals surface area (Å²) < 4.78 is 52.3. The first-order valence-electron chi connectivity index (χ1n) is 14.7. The predicted octanol–water partition coefficient (Wildman–Crippen LogP) is 6.22. The summed E-state index contributed by atoms with van der Waals surface area (Å²) in [7, 11) is 0. The van der Waals surface area contributed by atoms with Crippen LogP contribution < -0.4 is 29.6 Å². The molecule has 2 N–H and O–H groups in total. The summed E-state index contributed by atoms with van der Waals surface area (Å²) in [5, 5.41) is 5.77. The van der Waals surface area contributed by atoms with Crippen LogP contribution in [0.25, 0.3) is 10.9 Å². The Balaban J connectivity index is 1.15. The Bertz CT molecular complexity index is 1630. The minimum absolute atomic E-state index is 0.0859. The van der Waals surface area contributed by atoms with Crippen LogP contribution in [0.5, 0.6) is 28.9 Å². The van der Waals surface area contributed by atoms with Crippen molar-refractivity contribution in [1.29, 1.82) is 0 Å². The third kappa shape index (κ3) is 6.75. The van der Waals surface area contributed by atoms with Gasteiger partial charge in [-0.3, -0.25) is 0 Å². The van der Waals surface area contributed by atoms with Crippen molar-refractivity contribution in [2.75, 3.05) is 44.8 Å². The summed E-state index contributed by atoms with van der Waals surface area (Å²) in [5.41, 5.74) is 1.44. The van der Waals surface area contributed by atoms with Gasteiger partial charge in [0.25, 0.3) is 0 Å². The number of rotatable bonds is 10. The summed E-state index contributed by atoms with van der Waals surface area (Å²) in [6, 6.07) is 10.7. The van der Waals surface area contributed by atoms with Gasteiger partial charge in [-0.2, -0.15) is 0 Å². The van der Waals surface area contributed by atoms with Crippen LogP contribution in [0, 0.1) is 11.6 Å². The fourth-order valence-electron chi connectivity index (χ4n) is 5.31. The van der Waals surface area contributed by atoms with E-state index < -0.39 is 17.9 Å². The Kier molecular flexibility index (Phi) is 8.87. The van der Waals surface area contributed by atoms with Gasteiger partial charge >= 0.3 is 6.03 Å². The minimum Gasteiger partial charge on any atom is -0.489 e. The number of halogens is 2. The number of carbonyl (C=O) groups is 1. The molecular formula is C32H33F2N5O5. The van der Waals surface area contributed by atoms with Gasteiger partial charge in [-0.05, 0) is 69.1 Å². The van der Waals surface area contributed by atoms with E-state index in [4.69, 9.17) is 18.9 Å². The number of aromatic nitrogens is 2. The number of urea groups is 1. The average Bonchev–Trinajstić information content (AvgIpc) is 3.54. The number of carbonyl (C=O) groups excluding carboxylic acids is 1. The number of nitrogens with zero attached hydrogens (tertiary/aromatic N) is 3. The van der Waals surface area contributed by atoms with E-state index in [2.05, 4.69) is 25.5 Å². The molecule has 0 aliphatic carbocycles. The first-order chi connectivity index (χ1) is 21.4. The number of fused-ring (bicyclic) bond motifs is 3. The van der Waals surface area contributed by atoms with E-state index in [9.17, 15) is 9.18 Å². The van der Waals surface area contributed by atoms with Crippen LogP contribution in [0.1, 0.15) is 37.8 Å². The van der Waals surface area contributed by atoms with E-state index in [1.54, 1.807) is 25.1 Å². The quantitative estimate of drug-likeness (QED) is 0.205. The Morgan fingerprint density at radius 3 is 2.55 bits per heavy atom. The van der Waals surface area contributed by atoms with E-state index >= 15 is 4.39 Å². The molecule has 0 radical (unpaired) electrons. The summed E-state index contributed by atoms with van der Waals surface area (Å²) in [5.74, 6) is 0.231. The zero-order valence-corrected chi connectivity index (χ0v) is 24.3. The highest BCUT2D eigenvalue weighted by molar-refractivity contribution is 5.94. The van der Waals surface area contributed by atoms with Crippen molar-refractivity contribution in [2.24, 2.45) is 0 Å². The molecule has 10 nitrogen and oxygen atoms in total. The molecule has 0 bridgehead atoms. The highest BCUT2D eigenvalue weighted by atomic mass is 19.1. The number of amides is 2. The number of nitrogens with one attached hydrogen (secondary N) is 2. The van der Waals surface area contributed by atoms with Gasteiger partial charge in [0, 0.05) is 24.4 Å². The molecule has 44 heavy (non-hydrogen) atoms. The lowest BCUT2D eigenvalue weighted by Crippen LogP contribution is -2.31. The number of hydrogen-bond acceptors (Lipinski definition) is 8. The van der Waals surface area contributed by atoms with Gasteiger partial charge < -0.3 is 34.5 Å². The molecule has 1 aromatic heterocycles. The topological polar surface area (TPSA) is 107 Å². The second-order valence-electron chi connectivity index (χ2n) is 10.7. The van der Waals surface area contributed by atoms with Crippen LogP contribution in [0.15, 0.2) is 54.9 Å². The molecule has 1 atom stereocenters. The molecular weight excluding hydrogens is 572 g/mol. The van der Waals surface area contributed by atoms with Gasteiger partial charge in [0.2, 0.25) is 11.6 Å². The molecule has 12 heteroatoms. The maximum Gasteiger partial charge on any atom is 0.319 e. The molecule has 2 aliphatic rings. The van der Waals surface area contributed by atoms with Gasteiger partial charge in [-0.1, -0.05) is 12.1 Å². The maximum atomic E-state index is 15.2. The standard InChI is InChI=1S/C32H33F2N5O5/c1-20(21-5-7-22(33)8-6-21)37-32(40)38-23-9-10-26(24(34)17-23)44-31-28-25(35-19-36-31)18-27(29-30(28)43-16-15-42-29)41-14-4-13-39-11-2-3-12-39/h5-10,17-20H,2-4,11-16H2,1H3,(H2,37,38,40). The normalized spacial score (nSPS) is 15.2. The van der Waals surface area contributed by atoms with Crippen LogP contribution in [-0.2, 0) is 0 Å². The smallest absolute Gasteiger partial charge is 0.319 e. The third-order valence-corrected chi connectivity index (χ3v) is 7.53. The maximum absolute atomic E-state index is 15.2. The van der Waals surface area contributed by atoms with Crippen molar-refractivity contribution in [2.45, 2.75) is 32.2 Å². The molecule has 1 unspecified atom stereocenters. The zero-order chi connectivity index (χ0) is 30.5. The first-order valence-corrected chi connectivity index (χ1v) is 14.7. The second-order valence-corrected chi connectivity index (χ2v) is 10.7. The Labute approximate surface area is 253 Å². The van der Waals surface area contributed by atoms with Crippen LogP contribution in [0.4, 0.5) is 19.3 Å². The number of ether oxygens (including phenoxy) is 4. The molecule has 3 heterocycles. The molecule has 1 saturated heterocycles. The SMILES string of the molecule is CC(NC(=O)Nc1ccc(Oc2ncnc3cc(OCCCN4CCCC4)c4c(c23)OCCO4)c(F)c1)c1ccc(F)cc1. The number of benzene rings is 3. The van der Waals surface area contributed by atoms with Crippen LogP contribution >= 0.6 is 0 Å². The number of likely N-dealkylation sites (tertiary alicyclic amines) is 1. The van der Waals surface area contributed by atoms with Crippen molar-refractivity contribution in [1.82, 2.24) is 20.2 Å². The molecule has 230 valence electrons. The van der Waals surface area contributed by atoms with E-state index in [-0.39, 0.29) is 23.1 Å². The summed E-state index contributed by atoms with van der Waals surface area (Å²) in [6.07, 6.45) is 4.70. The van der Waals surface area contributed by atoms with Gasteiger partial charge in [-0.15, -0.1) is 0 Å². The van der Waals surface area contributed by atoms with Crippen LogP contribution in [0.3, 0.4) is 0 Å². The highest BCUT2D eigenvalue weighted by Gasteiger charge is 2.26. The lowest BCUT2D eigenvalue weighted by Gasteiger charge is -2.23. The number of anilines is 1. The molecule has 4 aromatic rings. The highest BCUT2D eigenvalue weighted by Crippen LogP contribution is 2.48. The molecule has 2 amide bonds. The van der Waals surface area contributed by atoms with Gasteiger partial charge in [-0.25, -0.2) is 23.5 Å². The van der Waals surface area contributed by atoms with Crippen LogP contribution in [0.2, 0.25) is 0 Å². The van der Waals surface area contributed by atoms with E-state index in [0.29, 0.717) is 48.0 Å². The molecule has 0 spiro atoms. The molecule has 1 fully saturated rings. The van der Waals surface area contributed by atoms with Crippen molar-refractivity contribution < 1.29 is 32.5 Å². The third-order valence-electron chi connectivity index (χ3n) is 7.53. The lowest BCUT2D eigenvalue weighted by molar-refractivity contribution is 0.162. The zero-order valence-electron chi connectivity index (χ0n) is 24.3. The minimum atomic E-state index is -0.717. The number of hydrogen-bond donors (Lipinski definition) is 2. The van der Waals surface area contributed by atoms with E-state index in [1.807, 2.05) is 0 Å². The summed E-state index contributed by atoms with van der Waals surface area (Å²) >= 11 is 0. The van der Waals surface area contributed by atoms with Gasteiger partial charge in [0.1, 0.15) is 30.7 Å². The Hall–Kier alpha value is -4.71. The first kappa shape index (κ1) is 29.4. The lowest BCUT2D eigenvalue weighted by atomic mass is 10.1. The second kappa shape index (κ2) is 13.3. The molecule has 3 aromatic carbocycles. The Morgan fingerprint density at radius 2 is 1.77 bits per heavy atom. The predicted molar refractivity (Wildman–Crippen MR) is 160 cm³/mol. The van der Waals surface area contributed by atoms with Gasteiger partial charge in [0.15, 0.2) is 23.1 Å². The van der Waals surface area contributed by atoms with Crippen molar-refractivity contribution in [3.05, 3.63) is 72.1 Å². The Morgan fingerprint density at radius 1 is 1.00 bits per heavy atom. The van der Waals surface area contributed by atoms with E-state index in [0.717, 1.165) is 37.7 Å². The van der Waals surface area contributed by atoms with Crippen molar-refractivity contribution in [3.63, 3.8) is 0 Å². The van der Waals surface area contributed by atoms with Crippen molar-refractivity contribution >= 4 is 22.6 Å². The fraction of sp³-hybridized carbons (Fsp3) is 0.344.